The molecule has 1 aliphatic rings. The van der Waals surface area contributed by atoms with E-state index in [1.165, 1.54) is 55.6 Å². The third-order valence-electron chi connectivity index (χ3n) is 13.2. The summed E-state index contributed by atoms with van der Waals surface area (Å²) >= 11 is 0. The molecule has 12 rings (SSSR count). The summed E-state index contributed by atoms with van der Waals surface area (Å²) in [6, 6.07) is 95.1. The van der Waals surface area contributed by atoms with Crippen molar-refractivity contribution in [3.8, 4) is 67.5 Å². The fraction of sp³-hybridized carbons (Fsp3) is 0.0156. The molecule has 10 aromatic carbocycles. The van der Waals surface area contributed by atoms with Gasteiger partial charge in [-0.2, -0.15) is 0 Å². The number of hydrogen-bond acceptors (Lipinski definition) is 4. The van der Waals surface area contributed by atoms with Gasteiger partial charge in [-0.05, 0) is 98.1 Å². The molecular formula is C64H44N4. The van der Waals surface area contributed by atoms with Gasteiger partial charge in [0, 0.05) is 33.8 Å². The van der Waals surface area contributed by atoms with Crippen molar-refractivity contribution in [3.63, 3.8) is 0 Å². The van der Waals surface area contributed by atoms with E-state index >= 15 is 0 Å². The molecule has 0 aliphatic heterocycles. The summed E-state index contributed by atoms with van der Waals surface area (Å²) in [5, 5.41) is 0. The second-order valence-corrected chi connectivity index (χ2v) is 17.2. The average molecular weight is 869 g/mol. The summed E-state index contributed by atoms with van der Waals surface area (Å²) in [5.41, 5.74) is 17.1. The van der Waals surface area contributed by atoms with Gasteiger partial charge in [-0.15, -0.1) is 0 Å². The minimum atomic E-state index is -0.698. The van der Waals surface area contributed by atoms with Crippen LogP contribution in [0.3, 0.4) is 0 Å². The zero-order valence-corrected chi connectivity index (χ0v) is 37.2. The molecule has 0 saturated heterocycles. The maximum atomic E-state index is 5.19. The molecule has 0 bridgehead atoms. The highest BCUT2D eigenvalue weighted by Gasteiger charge is 2.46. The zero-order chi connectivity index (χ0) is 45.3. The molecule has 0 fully saturated rings. The Labute approximate surface area is 397 Å². The van der Waals surface area contributed by atoms with Crippen LogP contribution >= 0.6 is 0 Å². The highest BCUT2D eigenvalue weighted by Crippen LogP contribution is 2.58. The molecule has 0 amide bonds. The molecular weight excluding hydrogens is 825 g/mol. The van der Waals surface area contributed by atoms with Crippen molar-refractivity contribution in [2.75, 3.05) is 4.90 Å². The summed E-state index contributed by atoms with van der Waals surface area (Å²) in [6.07, 6.45) is 0. The van der Waals surface area contributed by atoms with Crippen LogP contribution in [0.4, 0.5) is 17.1 Å². The number of benzene rings is 10. The van der Waals surface area contributed by atoms with Gasteiger partial charge in [-0.1, -0.05) is 224 Å². The summed E-state index contributed by atoms with van der Waals surface area (Å²) in [6.45, 7) is 0. The van der Waals surface area contributed by atoms with Gasteiger partial charge >= 0.3 is 0 Å². The SMILES string of the molecule is c1ccc(-c2ccc(N(c3ccc(-c4ccccc4)cc3)c3ccc4c(c3)C(c3ccccc3)(c3ccccc3)c3cc(-c5nc(-c6ccccc6)nc(-c6ccccc6)n5)ccc3-4)cc2)cc1. The summed E-state index contributed by atoms with van der Waals surface area (Å²) in [4.78, 5) is 17.8. The van der Waals surface area contributed by atoms with Crippen molar-refractivity contribution in [3.05, 3.63) is 289 Å². The van der Waals surface area contributed by atoms with E-state index in [-0.39, 0.29) is 0 Å². The number of hydrogen-bond donors (Lipinski definition) is 0. The van der Waals surface area contributed by atoms with Gasteiger partial charge in [0.2, 0.25) is 0 Å². The molecule has 4 nitrogen and oxygen atoms in total. The highest BCUT2D eigenvalue weighted by atomic mass is 15.1. The van der Waals surface area contributed by atoms with Crippen molar-refractivity contribution >= 4 is 17.1 Å². The Morgan fingerprint density at radius 2 is 0.559 bits per heavy atom. The number of nitrogens with zero attached hydrogens (tertiary/aromatic N) is 4. The lowest BCUT2D eigenvalue weighted by molar-refractivity contribution is 0.768. The minimum absolute atomic E-state index is 0.622. The predicted octanol–water partition coefficient (Wildman–Crippen LogP) is 16.0. The molecule has 1 heterocycles. The average Bonchev–Trinajstić information content (AvgIpc) is 3.72. The highest BCUT2D eigenvalue weighted by molar-refractivity contribution is 5.91. The van der Waals surface area contributed by atoms with Crippen LogP contribution in [0.15, 0.2) is 267 Å². The summed E-state index contributed by atoms with van der Waals surface area (Å²) < 4.78 is 0. The van der Waals surface area contributed by atoms with E-state index in [0.29, 0.717) is 17.5 Å². The summed E-state index contributed by atoms with van der Waals surface area (Å²) in [7, 11) is 0. The Morgan fingerprint density at radius 1 is 0.250 bits per heavy atom. The lowest BCUT2D eigenvalue weighted by Gasteiger charge is -2.35. The van der Waals surface area contributed by atoms with Crippen molar-refractivity contribution < 1.29 is 0 Å². The van der Waals surface area contributed by atoms with E-state index in [0.717, 1.165) is 33.8 Å². The molecule has 0 spiro atoms. The van der Waals surface area contributed by atoms with Gasteiger partial charge in [-0.25, -0.2) is 15.0 Å². The van der Waals surface area contributed by atoms with E-state index in [4.69, 9.17) is 15.0 Å². The van der Waals surface area contributed by atoms with Crippen molar-refractivity contribution in [1.82, 2.24) is 15.0 Å². The van der Waals surface area contributed by atoms with Crippen LogP contribution in [0.25, 0.3) is 67.5 Å². The molecule has 0 atom stereocenters. The number of fused-ring (bicyclic) bond motifs is 3. The Balaban J connectivity index is 1.07. The van der Waals surface area contributed by atoms with Crippen LogP contribution in [0.5, 0.6) is 0 Å². The third kappa shape index (κ3) is 7.25. The Kier molecular flexibility index (Phi) is 10.4. The first-order chi connectivity index (χ1) is 33.7. The van der Waals surface area contributed by atoms with Gasteiger partial charge in [0.25, 0.3) is 0 Å². The predicted molar refractivity (Wildman–Crippen MR) is 279 cm³/mol. The van der Waals surface area contributed by atoms with Gasteiger partial charge in [-0.3, -0.25) is 0 Å². The first-order valence-corrected chi connectivity index (χ1v) is 23.1. The van der Waals surface area contributed by atoms with E-state index in [1.807, 2.05) is 36.4 Å². The molecule has 11 aromatic rings. The quantitative estimate of drug-likeness (QED) is 0.137. The van der Waals surface area contributed by atoms with E-state index < -0.39 is 5.41 Å². The Morgan fingerprint density at radius 3 is 0.985 bits per heavy atom. The molecule has 0 radical (unpaired) electrons. The second kappa shape index (κ2) is 17.4. The van der Waals surface area contributed by atoms with Crippen LogP contribution in [0, 0.1) is 0 Å². The van der Waals surface area contributed by atoms with E-state index in [9.17, 15) is 0 Å². The van der Waals surface area contributed by atoms with Gasteiger partial charge in [0.05, 0.1) is 5.41 Å². The fourth-order valence-electron chi connectivity index (χ4n) is 10.0. The topological polar surface area (TPSA) is 41.9 Å². The van der Waals surface area contributed by atoms with Crippen LogP contribution < -0.4 is 4.90 Å². The smallest absolute Gasteiger partial charge is 0.164 e. The molecule has 0 unspecified atom stereocenters. The second-order valence-electron chi connectivity index (χ2n) is 17.2. The first-order valence-electron chi connectivity index (χ1n) is 23.1. The van der Waals surface area contributed by atoms with Crippen molar-refractivity contribution in [2.24, 2.45) is 0 Å². The van der Waals surface area contributed by atoms with Gasteiger partial charge in [0.1, 0.15) is 0 Å². The molecule has 1 aromatic heterocycles. The Hall–Kier alpha value is -8.99. The third-order valence-corrected chi connectivity index (χ3v) is 13.2. The standard InChI is InChI=1S/C64H44N4/c1-7-19-45(20-8-1)47-31-36-54(37-32-47)68(55-38-33-48(34-39-55)46-21-9-2-10-22-46)56-40-42-58-57-41-35-51(63-66-61(49-23-11-3-12-24-49)65-62(67-63)50-25-13-4-14-26-50)43-59(57)64(60(58)44-56,52-27-15-5-16-28-52)53-29-17-6-18-30-53/h1-44H. The molecule has 1 aliphatic carbocycles. The molecule has 0 saturated carbocycles. The largest absolute Gasteiger partial charge is 0.310 e. The van der Waals surface area contributed by atoms with Crippen LogP contribution in [0.1, 0.15) is 22.3 Å². The van der Waals surface area contributed by atoms with E-state index in [2.05, 4.69) is 235 Å². The van der Waals surface area contributed by atoms with Gasteiger partial charge in [0.15, 0.2) is 17.5 Å². The molecule has 4 heteroatoms. The molecule has 0 N–H and O–H groups in total. The lowest BCUT2D eigenvalue weighted by Crippen LogP contribution is -2.29. The zero-order valence-electron chi connectivity index (χ0n) is 37.2. The molecule has 68 heavy (non-hydrogen) atoms. The van der Waals surface area contributed by atoms with Crippen molar-refractivity contribution in [2.45, 2.75) is 5.41 Å². The van der Waals surface area contributed by atoms with E-state index in [1.54, 1.807) is 0 Å². The first kappa shape index (κ1) is 40.5. The van der Waals surface area contributed by atoms with Gasteiger partial charge < -0.3 is 4.90 Å². The normalized spacial score (nSPS) is 12.2. The van der Waals surface area contributed by atoms with Crippen molar-refractivity contribution in [1.29, 1.82) is 0 Å². The fourth-order valence-corrected chi connectivity index (χ4v) is 10.0. The Bertz CT molecular complexity index is 3330. The monoisotopic (exact) mass is 868 g/mol. The number of aromatic nitrogens is 3. The van der Waals surface area contributed by atoms with Crippen LogP contribution in [-0.4, -0.2) is 15.0 Å². The maximum absolute atomic E-state index is 5.19. The lowest BCUT2D eigenvalue weighted by atomic mass is 9.67. The van der Waals surface area contributed by atoms with Crippen LogP contribution in [-0.2, 0) is 5.41 Å². The minimum Gasteiger partial charge on any atom is -0.310 e. The summed E-state index contributed by atoms with van der Waals surface area (Å²) in [5.74, 6) is 1.89. The van der Waals surface area contributed by atoms with Crippen LogP contribution in [0.2, 0.25) is 0 Å². The number of rotatable bonds is 10. The molecule has 320 valence electrons. The number of anilines is 3. The maximum Gasteiger partial charge on any atom is 0.164 e.